The summed E-state index contributed by atoms with van der Waals surface area (Å²) in [4.78, 5) is 17.6. The number of aromatic nitrogens is 1. The van der Waals surface area contributed by atoms with Crippen molar-refractivity contribution in [3.63, 3.8) is 0 Å². The first-order valence-electron chi connectivity index (χ1n) is 5.92. The van der Waals surface area contributed by atoms with Crippen molar-refractivity contribution >= 4 is 28.1 Å². The van der Waals surface area contributed by atoms with Gasteiger partial charge in [0.1, 0.15) is 0 Å². The molecule has 1 aromatic heterocycles. The maximum absolute atomic E-state index is 11.2. The van der Waals surface area contributed by atoms with Gasteiger partial charge in [-0.1, -0.05) is 17.7 Å². The van der Waals surface area contributed by atoms with Gasteiger partial charge in [-0.15, -0.1) is 11.3 Å². The van der Waals surface area contributed by atoms with Crippen molar-refractivity contribution in [2.45, 2.75) is 13.3 Å². The lowest BCUT2D eigenvalue weighted by molar-refractivity contribution is -0.139. The van der Waals surface area contributed by atoms with Crippen LogP contribution in [0.25, 0.3) is 0 Å². The lowest BCUT2D eigenvalue weighted by Crippen LogP contribution is -2.10. The second kappa shape index (κ2) is 5.84. The third-order valence-corrected chi connectivity index (χ3v) is 3.77. The number of hydrogen-bond acceptors (Lipinski definition) is 5. The van der Waals surface area contributed by atoms with Gasteiger partial charge < -0.3 is 9.64 Å². The van der Waals surface area contributed by atoms with Crippen LogP contribution in [0.1, 0.15) is 11.3 Å². The Morgan fingerprint density at radius 1 is 1.37 bits per heavy atom. The van der Waals surface area contributed by atoms with Gasteiger partial charge >= 0.3 is 5.97 Å². The summed E-state index contributed by atoms with van der Waals surface area (Å²) < 4.78 is 4.63. The summed E-state index contributed by atoms with van der Waals surface area (Å²) in [7, 11) is 3.35. The molecule has 0 spiro atoms. The number of rotatable bonds is 4. The summed E-state index contributed by atoms with van der Waals surface area (Å²) in [6, 6.07) is 8.23. The summed E-state index contributed by atoms with van der Waals surface area (Å²) >= 11 is 1.52. The molecule has 0 fully saturated rings. The van der Waals surface area contributed by atoms with Crippen LogP contribution in [0.4, 0.5) is 10.8 Å². The van der Waals surface area contributed by atoms with Gasteiger partial charge in [-0.05, 0) is 19.1 Å². The molecular weight excluding hydrogens is 260 g/mol. The number of nitrogens with zero attached hydrogens (tertiary/aromatic N) is 2. The Morgan fingerprint density at radius 3 is 2.68 bits per heavy atom. The van der Waals surface area contributed by atoms with Gasteiger partial charge in [-0.3, -0.25) is 4.79 Å². The lowest BCUT2D eigenvalue weighted by Gasteiger charge is -2.15. The van der Waals surface area contributed by atoms with E-state index in [9.17, 15) is 4.79 Å². The number of carbonyl (C=O) groups excluding carboxylic acids is 1. The average molecular weight is 276 g/mol. The molecule has 0 bridgehead atoms. The molecule has 0 aliphatic rings. The zero-order valence-corrected chi connectivity index (χ0v) is 12.0. The number of aryl methyl sites for hydroxylation is 1. The van der Waals surface area contributed by atoms with Gasteiger partial charge in [0.25, 0.3) is 0 Å². The molecule has 0 amide bonds. The van der Waals surface area contributed by atoms with Crippen LogP contribution in [0.2, 0.25) is 0 Å². The fourth-order valence-electron chi connectivity index (χ4n) is 1.63. The van der Waals surface area contributed by atoms with E-state index in [0.29, 0.717) is 0 Å². The molecule has 2 aromatic rings. The molecule has 0 N–H and O–H groups in total. The molecule has 0 aliphatic heterocycles. The minimum absolute atomic E-state index is 0.217. The number of esters is 1. The van der Waals surface area contributed by atoms with Gasteiger partial charge in [-0.2, -0.15) is 0 Å². The van der Waals surface area contributed by atoms with Crippen molar-refractivity contribution in [2.24, 2.45) is 0 Å². The van der Waals surface area contributed by atoms with E-state index in [1.807, 2.05) is 17.3 Å². The van der Waals surface area contributed by atoms with Gasteiger partial charge in [0.05, 0.1) is 19.2 Å². The van der Waals surface area contributed by atoms with E-state index in [1.165, 1.54) is 24.0 Å². The van der Waals surface area contributed by atoms with E-state index in [0.717, 1.165) is 16.5 Å². The van der Waals surface area contributed by atoms with Crippen LogP contribution in [0, 0.1) is 6.92 Å². The topological polar surface area (TPSA) is 42.4 Å². The van der Waals surface area contributed by atoms with Crippen LogP contribution in [-0.4, -0.2) is 25.1 Å². The maximum atomic E-state index is 11.2. The van der Waals surface area contributed by atoms with Crippen LogP contribution in [-0.2, 0) is 16.0 Å². The van der Waals surface area contributed by atoms with Crippen LogP contribution < -0.4 is 4.90 Å². The molecule has 5 heteroatoms. The Balaban J connectivity index is 2.13. The van der Waals surface area contributed by atoms with Crippen molar-refractivity contribution in [3.8, 4) is 0 Å². The van der Waals surface area contributed by atoms with Gasteiger partial charge in [0, 0.05) is 18.1 Å². The second-order valence-electron chi connectivity index (χ2n) is 4.27. The van der Waals surface area contributed by atoms with E-state index >= 15 is 0 Å². The summed E-state index contributed by atoms with van der Waals surface area (Å²) in [6.07, 6.45) is 0.217. The third-order valence-electron chi connectivity index (χ3n) is 2.80. The molecule has 0 aliphatic carbocycles. The van der Waals surface area contributed by atoms with E-state index in [4.69, 9.17) is 0 Å². The zero-order chi connectivity index (χ0) is 13.8. The summed E-state index contributed by atoms with van der Waals surface area (Å²) in [5.41, 5.74) is 3.04. The number of benzene rings is 1. The van der Waals surface area contributed by atoms with Crippen LogP contribution in [0.15, 0.2) is 29.6 Å². The first-order valence-corrected chi connectivity index (χ1v) is 6.79. The SMILES string of the molecule is COC(=O)Cc1csc(N(C)c2ccc(C)cc2)n1. The first-order chi connectivity index (χ1) is 9.10. The fourth-order valence-corrected chi connectivity index (χ4v) is 2.44. The molecular formula is C14H16N2O2S. The van der Waals surface area contributed by atoms with Crippen molar-refractivity contribution in [1.82, 2.24) is 4.98 Å². The number of hydrogen-bond donors (Lipinski definition) is 0. The molecule has 1 heterocycles. The fraction of sp³-hybridized carbons (Fsp3) is 0.286. The highest BCUT2D eigenvalue weighted by atomic mass is 32.1. The molecule has 0 unspecified atom stereocenters. The van der Waals surface area contributed by atoms with Gasteiger partial charge in [0.2, 0.25) is 0 Å². The normalized spacial score (nSPS) is 10.3. The lowest BCUT2D eigenvalue weighted by atomic mass is 10.2. The Hall–Kier alpha value is -1.88. The number of thiazole rings is 1. The van der Waals surface area contributed by atoms with Gasteiger partial charge in [-0.25, -0.2) is 4.98 Å². The molecule has 0 atom stereocenters. The molecule has 100 valence electrons. The van der Waals surface area contributed by atoms with E-state index < -0.39 is 0 Å². The van der Waals surface area contributed by atoms with E-state index in [-0.39, 0.29) is 12.4 Å². The smallest absolute Gasteiger partial charge is 0.311 e. The third kappa shape index (κ3) is 3.32. The average Bonchev–Trinajstić information content (AvgIpc) is 2.87. The molecule has 19 heavy (non-hydrogen) atoms. The second-order valence-corrected chi connectivity index (χ2v) is 5.11. The highest BCUT2D eigenvalue weighted by Gasteiger charge is 2.11. The molecule has 0 radical (unpaired) electrons. The Morgan fingerprint density at radius 2 is 2.05 bits per heavy atom. The Labute approximate surface area is 116 Å². The predicted molar refractivity (Wildman–Crippen MR) is 77.1 cm³/mol. The monoisotopic (exact) mass is 276 g/mol. The van der Waals surface area contributed by atoms with Gasteiger partial charge in [0.15, 0.2) is 5.13 Å². The predicted octanol–water partition coefficient (Wildman–Crippen LogP) is 2.93. The van der Waals surface area contributed by atoms with Crippen molar-refractivity contribution < 1.29 is 9.53 Å². The number of anilines is 2. The molecule has 4 nitrogen and oxygen atoms in total. The number of carbonyl (C=O) groups is 1. The van der Waals surface area contributed by atoms with E-state index in [2.05, 4.69) is 40.9 Å². The molecule has 0 saturated heterocycles. The largest absolute Gasteiger partial charge is 0.469 e. The Kier molecular flexibility index (Phi) is 4.16. The van der Waals surface area contributed by atoms with Crippen LogP contribution in [0.5, 0.6) is 0 Å². The van der Waals surface area contributed by atoms with Crippen molar-refractivity contribution in [1.29, 1.82) is 0 Å². The quantitative estimate of drug-likeness (QED) is 0.805. The van der Waals surface area contributed by atoms with Crippen LogP contribution in [0.3, 0.4) is 0 Å². The Bertz CT molecular complexity index is 563. The summed E-state index contributed by atoms with van der Waals surface area (Å²) in [5.74, 6) is -0.269. The highest BCUT2D eigenvalue weighted by molar-refractivity contribution is 7.13. The maximum Gasteiger partial charge on any atom is 0.311 e. The summed E-state index contributed by atoms with van der Waals surface area (Å²) in [5, 5.41) is 2.75. The minimum Gasteiger partial charge on any atom is -0.469 e. The van der Waals surface area contributed by atoms with Crippen molar-refractivity contribution in [2.75, 3.05) is 19.1 Å². The van der Waals surface area contributed by atoms with Crippen LogP contribution >= 0.6 is 11.3 Å². The molecule has 2 rings (SSSR count). The van der Waals surface area contributed by atoms with E-state index in [1.54, 1.807) is 0 Å². The number of methoxy groups -OCH3 is 1. The number of ether oxygens (including phenoxy) is 1. The molecule has 1 aromatic carbocycles. The standard InChI is InChI=1S/C14H16N2O2S/c1-10-4-6-12(7-5-10)16(2)14-15-11(9-19-14)8-13(17)18-3/h4-7,9H,8H2,1-3H3. The van der Waals surface area contributed by atoms with Crippen molar-refractivity contribution in [3.05, 3.63) is 40.9 Å². The first kappa shape index (κ1) is 13.5. The minimum atomic E-state index is -0.269. The zero-order valence-electron chi connectivity index (χ0n) is 11.2. The summed E-state index contributed by atoms with van der Waals surface area (Å²) in [6.45, 7) is 2.06. The highest BCUT2D eigenvalue weighted by Crippen LogP contribution is 2.27. The molecule has 0 saturated carbocycles.